The van der Waals surface area contributed by atoms with Gasteiger partial charge in [0.1, 0.15) is 5.38 Å². The minimum atomic E-state index is -0.456. The van der Waals surface area contributed by atoms with Gasteiger partial charge in [-0.15, -0.1) is 11.6 Å². The fourth-order valence-electron chi connectivity index (χ4n) is 1.62. The molecule has 90 valence electrons. The second kappa shape index (κ2) is 7.94. The molecule has 0 aromatic rings. The van der Waals surface area contributed by atoms with Crippen molar-refractivity contribution in [3.05, 3.63) is 0 Å². The highest BCUT2D eigenvalue weighted by Gasteiger charge is 2.23. The number of carbonyl (C=O) groups is 1. The number of methoxy groups -OCH3 is 1. The molecule has 0 bridgehead atoms. The van der Waals surface area contributed by atoms with Gasteiger partial charge in [0.25, 0.3) is 0 Å². The van der Waals surface area contributed by atoms with E-state index in [9.17, 15) is 4.79 Å². The predicted octanol–water partition coefficient (Wildman–Crippen LogP) is 2.28. The van der Waals surface area contributed by atoms with E-state index in [0.29, 0.717) is 13.2 Å². The summed E-state index contributed by atoms with van der Waals surface area (Å²) in [4.78, 5) is 13.7. The first-order valence-corrected chi connectivity index (χ1v) is 5.95. The summed E-state index contributed by atoms with van der Waals surface area (Å²) in [7, 11) is 1.64. The van der Waals surface area contributed by atoms with Crippen LogP contribution >= 0.6 is 11.6 Å². The van der Waals surface area contributed by atoms with E-state index in [4.69, 9.17) is 16.3 Å². The summed E-state index contributed by atoms with van der Waals surface area (Å²) < 4.78 is 5.00. The van der Waals surface area contributed by atoms with E-state index in [1.807, 2.05) is 4.90 Å². The van der Waals surface area contributed by atoms with E-state index >= 15 is 0 Å². The first-order valence-electron chi connectivity index (χ1n) is 5.51. The van der Waals surface area contributed by atoms with Gasteiger partial charge in [0.15, 0.2) is 0 Å². The Balaban J connectivity index is 4.47. The Kier molecular flexibility index (Phi) is 7.79. The Labute approximate surface area is 97.7 Å². The minimum Gasteiger partial charge on any atom is -0.383 e. The van der Waals surface area contributed by atoms with Crippen molar-refractivity contribution >= 4 is 17.5 Å². The summed E-state index contributed by atoms with van der Waals surface area (Å²) in [5.41, 5.74) is 0. The first kappa shape index (κ1) is 14.7. The molecule has 0 saturated heterocycles. The number of hydrogen-bond acceptors (Lipinski definition) is 2. The molecule has 0 heterocycles. The summed E-state index contributed by atoms with van der Waals surface area (Å²) in [5.74, 6) is 0.00224. The van der Waals surface area contributed by atoms with Gasteiger partial charge in [-0.3, -0.25) is 4.79 Å². The van der Waals surface area contributed by atoms with Crippen LogP contribution in [0.2, 0.25) is 0 Å². The summed E-state index contributed by atoms with van der Waals surface area (Å²) >= 11 is 5.83. The lowest BCUT2D eigenvalue weighted by Crippen LogP contribution is -2.44. The van der Waals surface area contributed by atoms with Gasteiger partial charge in [-0.2, -0.15) is 0 Å². The minimum absolute atomic E-state index is 0.00224. The second-order valence-corrected chi connectivity index (χ2v) is 4.27. The topological polar surface area (TPSA) is 29.5 Å². The summed E-state index contributed by atoms with van der Waals surface area (Å²) in [5, 5.41) is -0.456. The average molecular weight is 236 g/mol. The van der Waals surface area contributed by atoms with Gasteiger partial charge in [-0.05, 0) is 19.8 Å². The smallest absolute Gasteiger partial charge is 0.240 e. The molecule has 0 aromatic heterocycles. The van der Waals surface area contributed by atoms with Crippen molar-refractivity contribution in [2.45, 2.75) is 45.0 Å². The van der Waals surface area contributed by atoms with Crippen LogP contribution in [0.1, 0.15) is 33.6 Å². The van der Waals surface area contributed by atoms with E-state index in [1.54, 1.807) is 14.0 Å². The Bertz CT molecular complexity index is 181. The van der Waals surface area contributed by atoms with Gasteiger partial charge in [0.2, 0.25) is 5.91 Å². The lowest BCUT2D eigenvalue weighted by molar-refractivity contribution is -0.133. The van der Waals surface area contributed by atoms with Crippen molar-refractivity contribution in [3.8, 4) is 0 Å². The molecule has 1 unspecified atom stereocenters. The van der Waals surface area contributed by atoms with E-state index in [1.165, 1.54) is 0 Å². The molecule has 0 aliphatic heterocycles. The summed E-state index contributed by atoms with van der Waals surface area (Å²) in [6.07, 6.45) is 1.91. The molecule has 15 heavy (non-hydrogen) atoms. The Morgan fingerprint density at radius 1 is 1.40 bits per heavy atom. The van der Waals surface area contributed by atoms with Crippen molar-refractivity contribution in [3.63, 3.8) is 0 Å². The van der Waals surface area contributed by atoms with Gasteiger partial charge in [0, 0.05) is 19.7 Å². The molecule has 1 atom stereocenters. The molecule has 0 aliphatic rings. The molecule has 0 radical (unpaired) electrons. The number of halogens is 1. The van der Waals surface area contributed by atoms with E-state index in [-0.39, 0.29) is 11.9 Å². The Morgan fingerprint density at radius 3 is 2.27 bits per heavy atom. The average Bonchev–Trinajstić information content (AvgIpc) is 2.23. The Morgan fingerprint density at radius 2 is 1.93 bits per heavy atom. The van der Waals surface area contributed by atoms with Crippen molar-refractivity contribution in [1.82, 2.24) is 4.90 Å². The summed E-state index contributed by atoms with van der Waals surface area (Å²) in [6, 6.07) is 0.272. The number of carbonyl (C=O) groups excluding carboxylic acids is 1. The maximum Gasteiger partial charge on any atom is 0.240 e. The van der Waals surface area contributed by atoms with Crippen LogP contribution in [-0.4, -0.2) is 42.5 Å². The van der Waals surface area contributed by atoms with Gasteiger partial charge in [0.05, 0.1) is 6.61 Å². The normalized spacial score (nSPS) is 12.9. The molecule has 4 heteroatoms. The second-order valence-electron chi connectivity index (χ2n) is 3.61. The Hall–Kier alpha value is -0.280. The highest BCUT2D eigenvalue weighted by molar-refractivity contribution is 6.30. The first-order chi connectivity index (χ1) is 7.08. The zero-order chi connectivity index (χ0) is 11.8. The number of hydrogen-bond donors (Lipinski definition) is 0. The maximum atomic E-state index is 11.8. The number of nitrogens with zero attached hydrogens (tertiary/aromatic N) is 1. The number of rotatable bonds is 7. The van der Waals surface area contributed by atoms with Gasteiger partial charge in [-0.1, -0.05) is 13.8 Å². The van der Waals surface area contributed by atoms with Crippen LogP contribution in [-0.2, 0) is 9.53 Å². The fourth-order valence-corrected chi connectivity index (χ4v) is 1.75. The molecule has 0 fully saturated rings. The van der Waals surface area contributed by atoms with Crippen LogP contribution in [0.3, 0.4) is 0 Å². The third kappa shape index (κ3) is 4.85. The number of amides is 1. The van der Waals surface area contributed by atoms with Crippen LogP contribution in [0.25, 0.3) is 0 Å². The van der Waals surface area contributed by atoms with E-state index in [2.05, 4.69) is 13.8 Å². The molecule has 0 saturated carbocycles. The van der Waals surface area contributed by atoms with E-state index in [0.717, 1.165) is 12.8 Å². The lowest BCUT2D eigenvalue weighted by atomic mass is 10.1. The quantitative estimate of drug-likeness (QED) is 0.634. The van der Waals surface area contributed by atoms with Crippen molar-refractivity contribution in [1.29, 1.82) is 0 Å². The summed E-state index contributed by atoms with van der Waals surface area (Å²) in [6.45, 7) is 7.07. The highest BCUT2D eigenvalue weighted by Crippen LogP contribution is 2.12. The van der Waals surface area contributed by atoms with Gasteiger partial charge < -0.3 is 9.64 Å². The van der Waals surface area contributed by atoms with Gasteiger partial charge >= 0.3 is 0 Å². The molecule has 1 amide bonds. The fraction of sp³-hybridized carbons (Fsp3) is 0.909. The molecular weight excluding hydrogens is 214 g/mol. The third-order valence-corrected chi connectivity index (χ3v) is 2.73. The molecule has 0 rings (SSSR count). The SMILES string of the molecule is CCC(CC)N(CCOC)C(=O)C(C)Cl. The van der Waals surface area contributed by atoms with Crippen molar-refractivity contribution < 1.29 is 9.53 Å². The number of alkyl halides is 1. The van der Waals surface area contributed by atoms with Crippen LogP contribution < -0.4 is 0 Å². The van der Waals surface area contributed by atoms with Crippen molar-refractivity contribution in [2.24, 2.45) is 0 Å². The third-order valence-electron chi connectivity index (χ3n) is 2.54. The highest BCUT2D eigenvalue weighted by atomic mass is 35.5. The molecular formula is C11H22ClNO2. The zero-order valence-corrected chi connectivity index (χ0v) is 10.9. The monoisotopic (exact) mass is 235 g/mol. The van der Waals surface area contributed by atoms with Crippen LogP contribution in [0, 0.1) is 0 Å². The van der Waals surface area contributed by atoms with Crippen LogP contribution in [0.5, 0.6) is 0 Å². The molecule has 0 aromatic carbocycles. The van der Waals surface area contributed by atoms with Gasteiger partial charge in [-0.25, -0.2) is 0 Å². The standard InChI is InChI=1S/C11H22ClNO2/c1-5-10(6-2)13(7-8-15-4)11(14)9(3)12/h9-10H,5-8H2,1-4H3. The van der Waals surface area contributed by atoms with Crippen LogP contribution in [0.15, 0.2) is 0 Å². The number of ether oxygens (including phenoxy) is 1. The molecule has 3 nitrogen and oxygen atoms in total. The molecule has 0 spiro atoms. The lowest BCUT2D eigenvalue weighted by Gasteiger charge is -2.31. The maximum absolute atomic E-state index is 11.8. The molecule has 0 aliphatic carbocycles. The predicted molar refractivity (Wildman–Crippen MR) is 63.3 cm³/mol. The van der Waals surface area contributed by atoms with Crippen LogP contribution in [0.4, 0.5) is 0 Å². The zero-order valence-electron chi connectivity index (χ0n) is 10.1. The van der Waals surface area contributed by atoms with Crippen molar-refractivity contribution in [2.75, 3.05) is 20.3 Å². The molecule has 0 N–H and O–H groups in total. The van der Waals surface area contributed by atoms with E-state index < -0.39 is 5.38 Å². The largest absolute Gasteiger partial charge is 0.383 e.